The van der Waals surface area contributed by atoms with Gasteiger partial charge in [0.2, 0.25) is 10.0 Å². The highest BCUT2D eigenvalue weighted by Crippen LogP contribution is 2.22. The van der Waals surface area contributed by atoms with E-state index in [0.717, 1.165) is 11.3 Å². The van der Waals surface area contributed by atoms with E-state index >= 15 is 0 Å². The quantitative estimate of drug-likeness (QED) is 0.604. The minimum absolute atomic E-state index is 0.0644. The van der Waals surface area contributed by atoms with Gasteiger partial charge in [-0.25, -0.2) is 17.9 Å². The molecule has 0 saturated carbocycles. The lowest BCUT2D eigenvalue weighted by atomic mass is 10.5. The minimum Gasteiger partial charge on any atom is -0.465 e. The molecule has 0 aliphatic heterocycles. The van der Waals surface area contributed by atoms with Gasteiger partial charge in [-0.15, -0.1) is 11.3 Å². The Bertz CT molecular complexity index is 479. The van der Waals surface area contributed by atoms with Crippen LogP contribution in [0, 0.1) is 0 Å². The zero-order valence-electron chi connectivity index (χ0n) is 9.43. The fraction of sp³-hybridized carbons (Fsp3) is 0.444. The molecule has 17 heavy (non-hydrogen) atoms. The summed E-state index contributed by atoms with van der Waals surface area (Å²) < 4.78 is 35.3. The molecule has 96 valence electrons. The Morgan fingerprint density at radius 2 is 2.18 bits per heavy atom. The molecule has 0 unspecified atom stereocenters. The summed E-state index contributed by atoms with van der Waals surface area (Å²) in [6, 6.07) is 1.37. The van der Waals surface area contributed by atoms with Crippen LogP contribution in [0.25, 0.3) is 0 Å². The summed E-state index contributed by atoms with van der Waals surface area (Å²) in [6.07, 6.45) is 0. The summed E-state index contributed by atoms with van der Waals surface area (Å²) in [6.45, 7) is 0.409. The Morgan fingerprint density at radius 3 is 2.76 bits per heavy atom. The van der Waals surface area contributed by atoms with E-state index in [1.54, 1.807) is 0 Å². The number of rotatable bonds is 6. The standard InChI is InChI=1S/C9H13NO5S2/c1-14-5-4-10-17(12,13)7-3-6-16-8(7)9(11)15-2/h3,6,10H,4-5H2,1-2H3. The van der Waals surface area contributed by atoms with Gasteiger partial charge in [0.15, 0.2) is 0 Å². The maximum atomic E-state index is 11.8. The number of thiophene rings is 1. The van der Waals surface area contributed by atoms with Gasteiger partial charge in [0, 0.05) is 13.7 Å². The van der Waals surface area contributed by atoms with Crippen molar-refractivity contribution in [3.8, 4) is 0 Å². The molecule has 0 spiro atoms. The molecule has 1 N–H and O–H groups in total. The summed E-state index contributed by atoms with van der Waals surface area (Å²) in [5.74, 6) is -0.660. The first kappa shape index (κ1) is 14.1. The van der Waals surface area contributed by atoms with Crippen molar-refractivity contribution in [2.75, 3.05) is 27.4 Å². The number of methoxy groups -OCH3 is 2. The predicted molar refractivity (Wildman–Crippen MR) is 62.7 cm³/mol. The second-order valence-electron chi connectivity index (χ2n) is 3.00. The number of carbonyl (C=O) groups is 1. The van der Waals surface area contributed by atoms with Gasteiger partial charge in [0.1, 0.15) is 9.77 Å². The molecule has 1 rings (SSSR count). The average molecular weight is 279 g/mol. The third kappa shape index (κ3) is 3.50. The van der Waals surface area contributed by atoms with Crippen LogP contribution in [0.15, 0.2) is 16.3 Å². The smallest absolute Gasteiger partial charge is 0.349 e. The lowest BCUT2D eigenvalue weighted by Crippen LogP contribution is -2.28. The van der Waals surface area contributed by atoms with Crippen LogP contribution >= 0.6 is 11.3 Å². The summed E-state index contributed by atoms with van der Waals surface area (Å²) in [4.78, 5) is 11.3. The fourth-order valence-electron chi connectivity index (χ4n) is 1.11. The number of hydrogen-bond acceptors (Lipinski definition) is 6. The number of ether oxygens (including phenoxy) is 2. The van der Waals surface area contributed by atoms with Gasteiger partial charge in [-0.1, -0.05) is 0 Å². The van der Waals surface area contributed by atoms with Crippen molar-refractivity contribution in [1.82, 2.24) is 4.72 Å². The van der Waals surface area contributed by atoms with E-state index in [1.165, 1.54) is 25.7 Å². The molecule has 1 heterocycles. The van der Waals surface area contributed by atoms with E-state index in [9.17, 15) is 13.2 Å². The molecule has 0 bridgehead atoms. The average Bonchev–Trinajstić information content (AvgIpc) is 2.78. The van der Waals surface area contributed by atoms with Crippen LogP contribution in [-0.4, -0.2) is 41.8 Å². The zero-order chi connectivity index (χ0) is 12.9. The van der Waals surface area contributed by atoms with Gasteiger partial charge in [-0.2, -0.15) is 0 Å². The van der Waals surface area contributed by atoms with E-state index in [2.05, 4.69) is 9.46 Å². The Kier molecular flexibility index (Phi) is 5.06. The second kappa shape index (κ2) is 6.10. The Labute approximate surface area is 104 Å². The van der Waals surface area contributed by atoms with Crippen LogP contribution in [0.1, 0.15) is 9.67 Å². The van der Waals surface area contributed by atoms with E-state index in [4.69, 9.17) is 4.74 Å². The van der Waals surface area contributed by atoms with Gasteiger partial charge in [0.05, 0.1) is 13.7 Å². The summed E-state index contributed by atoms with van der Waals surface area (Å²) in [5.41, 5.74) is 0. The van der Waals surface area contributed by atoms with Gasteiger partial charge in [-0.3, -0.25) is 0 Å². The van der Waals surface area contributed by atoms with Crippen LogP contribution in [0.4, 0.5) is 0 Å². The number of hydrogen-bond donors (Lipinski definition) is 1. The highest BCUT2D eigenvalue weighted by molar-refractivity contribution is 7.89. The summed E-state index contributed by atoms with van der Waals surface area (Å²) in [7, 11) is -1.02. The van der Waals surface area contributed by atoms with Crippen molar-refractivity contribution < 1.29 is 22.7 Å². The minimum atomic E-state index is -3.70. The van der Waals surface area contributed by atoms with Crippen LogP contribution in [0.2, 0.25) is 0 Å². The third-order valence-electron chi connectivity index (χ3n) is 1.89. The molecular formula is C9H13NO5S2. The first-order valence-corrected chi connectivity index (χ1v) is 7.03. The second-order valence-corrected chi connectivity index (χ2v) is 5.65. The maximum Gasteiger partial charge on any atom is 0.349 e. The zero-order valence-corrected chi connectivity index (χ0v) is 11.1. The number of sulfonamides is 1. The topological polar surface area (TPSA) is 81.7 Å². The molecule has 8 heteroatoms. The first-order chi connectivity index (χ1) is 8.03. The molecule has 0 amide bonds. The molecule has 6 nitrogen and oxygen atoms in total. The molecule has 0 radical (unpaired) electrons. The lowest BCUT2D eigenvalue weighted by Gasteiger charge is -2.06. The Morgan fingerprint density at radius 1 is 1.47 bits per heavy atom. The molecular weight excluding hydrogens is 266 g/mol. The van der Waals surface area contributed by atoms with Crippen molar-refractivity contribution in [3.63, 3.8) is 0 Å². The fourth-order valence-corrected chi connectivity index (χ4v) is 3.45. The van der Waals surface area contributed by atoms with Gasteiger partial charge >= 0.3 is 5.97 Å². The molecule has 1 aromatic rings. The molecule has 0 atom stereocenters. The maximum absolute atomic E-state index is 11.8. The van der Waals surface area contributed by atoms with E-state index in [0.29, 0.717) is 0 Å². The van der Waals surface area contributed by atoms with Crippen molar-refractivity contribution in [3.05, 3.63) is 16.3 Å². The first-order valence-electron chi connectivity index (χ1n) is 4.67. The van der Waals surface area contributed by atoms with Gasteiger partial charge < -0.3 is 9.47 Å². The van der Waals surface area contributed by atoms with Crippen LogP contribution in [0.5, 0.6) is 0 Å². The number of nitrogens with one attached hydrogen (secondary N) is 1. The van der Waals surface area contributed by atoms with E-state index in [-0.39, 0.29) is 22.9 Å². The highest BCUT2D eigenvalue weighted by atomic mass is 32.2. The van der Waals surface area contributed by atoms with Crippen LogP contribution < -0.4 is 4.72 Å². The molecule has 1 aromatic heterocycles. The monoisotopic (exact) mass is 279 g/mol. The van der Waals surface area contributed by atoms with Crippen molar-refractivity contribution >= 4 is 27.3 Å². The molecule has 0 aliphatic carbocycles. The number of esters is 1. The van der Waals surface area contributed by atoms with Crippen LogP contribution in [-0.2, 0) is 19.5 Å². The normalized spacial score (nSPS) is 11.4. The van der Waals surface area contributed by atoms with Crippen molar-refractivity contribution in [2.24, 2.45) is 0 Å². The third-order valence-corrected chi connectivity index (χ3v) is 4.41. The van der Waals surface area contributed by atoms with Crippen LogP contribution in [0.3, 0.4) is 0 Å². The van der Waals surface area contributed by atoms with Crippen molar-refractivity contribution in [2.45, 2.75) is 4.90 Å². The van der Waals surface area contributed by atoms with Gasteiger partial charge in [0.25, 0.3) is 0 Å². The Balaban J connectivity index is 2.92. The molecule has 0 aliphatic rings. The van der Waals surface area contributed by atoms with Crippen molar-refractivity contribution in [1.29, 1.82) is 0 Å². The van der Waals surface area contributed by atoms with E-state index < -0.39 is 16.0 Å². The van der Waals surface area contributed by atoms with E-state index in [1.807, 2.05) is 0 Å². The number of carbonyl (C=O) groups excluding carboxylic acids is 1. The SMILES string of the molecule is COCCNS(=O)(=O)c1ccsc1C(=O)OC. The molecule has 0 saturated heterocycles. The predicted octanol–water partition coefficient (Wildman–Crippen LogP) is 0.459. The molecule has 0 fully saturated rings. The summed E-state index contributed by atoms with van der Waals surface area (Å²) >= 11 is 1.02. The summed E-state index contributed by atoms with van der Waals surface area (Å²) in [5, 5.41) is 1.52. The highest BCUT2D eigenvalue weighted by Gasteiger charge is 2.23. The molecule has 0 aromatic carbocycles. The Hall–Kier alpha value is -0.960. The lowest BCUT2D eigenvalue weighted by molar-refractivity contribution is 0.0602. The largest absolute Gasteiger partial charge is 0.465 e. The van der Waals surface area contributed by atoms with Gasteiger partial charge in [-0.05, 0) is 11.4 Å².